The molecule has 2 rings (SSSR count). The molecule has 0 saturated carbocycles. The van der Waals surface area contributed by atoms with Crippen LogP contribution in [-0.4, -0.2) is 41.7 Å². The van der Waals surface area contributed by atoms with Crippen LogP contribution in [0.25, 0.3) is 0 Å². The fourth-order valence-electron chi connectivity index (χ4n) is 2.61. The quantitative estimate of drug-likeness (QED) is 0.896. The van der Waals surface area contributed by atoms with Crippen LogP contribution in [0.2, 0.25) is 0 Å². The molecule has 1 saturated heterocycles. The molecule has 1 aromatic carbocycles. The number of benzene rings is 1. The van der Waals surface area contributed by atoms with Crippen molar-refractivity contribution in [2.45, 2.75) is 39.2 Å². The fourth-order valence-corrected chi connectivity index (χ4v) is 2.61. The van der Waals surface area contributed by atoms with Crippen molar-refractivity contribution in [1.82, 2.24) is 4.90 Å². The molecule has 1 atom stereocenters. The lowest BCUT2D eigenvalue weighted by molar-refractivity contribution is -0.133. The first kappa shape index (κ1) is 14.9. The number of likely N-dealkylation sites (tertiary alicyclic amines) is 1. The number of carbonyl (C=O) groups is 1. The normalized spacial score (nSPS) is 18.4. The minimum Gasteiger partial charge on any atom is -0.493 e. The summed E-state index contributed by atoms with van der Waals surface area (Å²) in [7, 11) is 0. The van der Waals surface area contributed by atoms with Gasteiger partial charge in [-0.2, -0.15) is 0 Å². The third-order valence-electron chi connectivity index (χ3n) is 3.83. The number of amides is 1. The molecule has 0 unspecified atom stereocenters. The summed E-state index contributed by atoms with van der Waals surface area (Å²) < 4.78 is 5.71. The Balaban J connectivity index is 1.83. The minimum absolute atomic E-state index is 0.00297. The number of aliphatic hydroxyl groups excluding tert-OH is 1. The molecule has 1 amide bonds. The van der Waals surface area contributed by atoms with Crippen LogP contribution in [0.3, 0.4) is 0 Å². The maximum Gasteiger partial charge on any atom is 0.226 e. The van der Waals surface area contributed by atoms with Crippen LogP contribution in [0.4, 0.5) is 0 Å². The number of carbonyl (C=O) groups excluding carboxylic acids is 1. The van der Waals surface area contributed by atoms with Crippen LogP contribution in [0.1, 0.15) is 30.4 Å². The van der Waals surface area contributed by atoms with Crippen molar-refractivity contribution in [2.75, 3.05) is 19.8 Å². The van der Waals surface area contributed by atoms with Crippen molar-refractivity contribution >= 4 is 5.91 Å². The molecule has 0 aromatic heterocycles. The Kier molecular flexibility index (Phi) is 5.01. The van der Waals surface area contributed by atoms with Crippen LogP contribution >= 0.6 is 0 Å². The average Bonchev–Trinajstić information content (AvgIpc) is 2.91. The van der Waals surface area contributed by atoms with Gasteiger partial charge in [-0.05, 0) is 43.9 Å². The molecule has 1 aromatic rings. The topological polar surface area (TPSA) is 49.8 Å². The number of hydrogen-bond donors (Lipinski definition) is 1. The number of hydrogen-bond acceptors (Lipinski definition) is 3. The van der Waals surface area contributed by atoms with Gasteiger partial charge in [-0.15, -0.1) is 0 Å². The van der Waals surface area contributed by atoms with E-state index in [4.69, 9.17) is 4.74 Å². The molecular weight excluding hydrogens is 254 g/mol. The second kappa shape index (κ2) is 6.75. The zero-order chi connectivity index (χ0) is 14.5. The Labute approximate surface area is 120 Å². The molecule has 20 heavy (non-hydrogen) atoms. The molecule has 1 fully saturated rings. The maximum absolute atomic E-state index is 12.1. The van der Waals surface area contributed by atoms with Gasteiger partial charge in [0.1, 0.15) is 5.75 Å². The van der Waals surface area contributed by atoms with Gasteiger partial charge in [0.2, 0.25) is 5.91 Å². The predicted octanol–water partition coefficient (Wildman–Crippen LogP) is 2.06. The first-order valence-corrected chi connectivity index (χ1v) is 7.22. The molecule has 4 heteroatoms. The van der Waals surface area contributed by atoms with E-state index < -0.39 is 0 Å². The summed E-state index contributed by atoms with van der Waals surface area (Å²) in [4.78, 5) is 13.9. The van der Waals surface area contributed by atoms with E-state index in [1.807, 2.05) is 32.0 Å². The van der Waals surface area contributed by atoms with Gasteiger partial charge in [0.25, 0.3) is 0 Å². The maximum atomic E-state index is 12.1. The van der Waals surface area contributed by atoms with Gasteiger partial charge in [0.05, 0.1) is 25.7 Å². The van der Waals surface area contributed by atoms with Crippen LogP contribution in [-0.2, 0) is 4.79 Å². The predicted molar refractivity (Wildman–Crippen MR) is 77.8 cm³/mol. The molecule has 1 aliphatic rings. The summed E-state index contributed by atoms with van der Waals surface area (Å²) in [6.07, 6.45) is 2.25. The van der Waals surface area contributed by atoms with E-state index in [2.05, 4.69) is 0 Å². The zero-order valence-electron chi connectivity index (χ0n) is 12.3. The highest BCUT2D eigenvalue weighted by atomic mass is 16.5. The van der Waals surface area contributed by atoms with Crippen LogP contribution < -0.4 is 4.74 Å². The van der Waals surface area contributed by atoms with Gasteiger partial charge in [0, 0.05) is 6.54 Å². The van der Waals surface area contributed by atoms with E-state index in [1.54, 1.807) is 4.90 Å². The largest absolute Gasteiger partial charge is 0.493 e. The number of aryl methyl sites for hydroxylation is 2. The summed E-state index contributed by atoms with van der Waals surface area (Å²) in [6.45, 7) is 5.22. The summed E-state index contributed by atoms with van der Waals surface area (Å²) in [6, 6.07) is 6.06. The number of nitrogens with zero attached hydrogens (tertiary/aromatic N) is 1. The Morgan fingerprint density at radius 3 is 3.00 bits per heavy atom. The molecule has 110 valence electrons. The second-order valence-corrected chi connectivity index (χ2v) is 5.43. The minimum atomic E-state index is 0.00297. The molecule has 1 N–H and O–H groups in total. The van der Waals surface area contributed by atoms with Crippen molar-refractivity contribution in [3.63, 3.8) is 0 Å². The van der Waals surface area contributed by atoms with Gasteiger partial charge in [-0.1, -0.05) is 12.1 Å². The van der Waals surface area contributed by atoms with E-state index in [-0.39, 0.29) is 18.6 Å². The van der Waals surface area contributed by atoms with E-state index >= 15 is 0 Å². The lowest BCUT2D eigenvalue weighted by Crippen LogP contribution is -2.38. The van der Waals surface area contributed by atoms with Crippen molar-refractivity contribution in [1.29, 1.82) is 0 Å². The molecule has 0 spiro atoms. The van der Waals surface area contributed by atoms with Crippen molar-refractivity contribution in [3.05, 3.63) is 29.3 Å². The average molecular weight is 277 g/mol. The molecular formula is C16H23NO3. The molecule has 0 aliphatic carbocycles. The van der Waals surface area contributed by atoms with Crippen molar-refractivity contribution in [3.8, 4) is 5.75 Å². The molecule has 1 aliphatic heterocycles. The molecule has 0 radical (unpaired) electrons. The van der Waals surface area contributed by atoms with E-state index in [0.29, 0.717) is 13.0 Å². The Morgan fingerprint density at radius 2 is 2.25 bits per heavy atom. The summed E-state index contributed by atoms with van der Waals surface area (Å²) in [5.41, 5.74) is 2.23. The van der Waals surface area contributed by atoms with E-state index in [0.717, 1.165) is 36.3 Å². The Hall–Kier alpha value is -1.55. The number of rotatable bonds is 5. The summed E-state index contributed by atoms with van der Waals surface area (Å²) in [5, 5.41) is 9.23. The van der Waals surface area contributed by atoms with Gasteiger partial charge >= 0.3 is 0 Å². The van der Waals surface area contributed by atoms with E-state index in [1.165, 1.54) is 0 Å². The first-order valence-electron chi connectivity index (χ1n) is 7.22. The highest BCUT2D eigenvalue weighted by Crippen LogP contribution is 2.20. The first-order chi connectivity index (χ1) is 9.61. The lowest BCUT2D eigenvalue weighted by Gasteiger charge is -2.23. The van der Waals surface area contributed by atoms with Gasteiger partial charge in [-0.3, -0.25) is 4.79 Å². The fraction of sp³-hybridized carbons (Fsp3) is 0.562. The summed E-state index contributed by atoms with van der Waals surface area (Å²) >= 11 is 0. The number of ether oxygens (including phenoxy) is 1. The van der Waals surface area contributed by atoms with Crippen LogP contribution in [0.5, 0.6) is 5.75 Å². The Morgan fingerprint density at radius 1 is 1.45 bits per heavy atom. The van der Waals surface area contributed by atoms with Gasteiger partial charge in [0.15, 0.2) is 0 Å². The molecule has 1 heterocycles. The Bertz CT molecular complexity index is 473. The summed E-state index contributed by atoms with van der Waals surface area (Å²) in [5.74, 6) is 0.921. The van der Waals surface area contributed by atoms with Crippen molar-refractivity contribution < 1.29 is 14.6 Å². The highest BCUT2D eigenvalue weighted by Gasteiger charge is 2.27. The second-order valence-electron chi connectivity index (χ2n) is 5.43. The van der Waals surface area contributed by atoms with Gasteiger partial charge < -0.3 is 14.7 Å². The monoisotopic (exact) mass is 277 g/mol. The zero-order valence-corrected chi connectivity index (χ0v) is 12.3. The van der Waals surface area contributed by atoms with E-state index in [9.17, 15) is 9.90 Å². The third kappa shape index (κ3) is 3.51. The highest BCUT2D eigenvalue weighted by molar-refractivity contribution is 5.77. The lowest BCUT2D eigenvalue weighted by atomic mass is 10.1. The smallest absolute Gasteiger partial charge is 0.226 e. The molecule has 4 nitrogen and oxygen atoms in total. The number of aliphatic hydroxyl groups is 1. The van der Waals surface area contributed by atoms with Crippen LogP contribution in [0, 0.1) is 13.8 Å². The van der Waals surface area contributed by atoms with Gasteiger partial charge in [-0.25, -0.2) is 0 Å². The third-order valence-corrected chi connectivity index (χ3v) is 3.83. The van der Waals surface area contributed by atoms with Crippen LogP contribution in [0.15, 0.2) is 18.2 Å². The SMILES string of the molecule is Cc1ccc(C)c(OCCC(=O)N2CCC[C@H]2CO)c1. The standard InChI is InChI=1S/C16H23NO3/c1-12-5-6-13(2)15(10-12)20-9-7-16(19)17-8-3-4-14(17)11-18/h5-6,10,14,18H,3-4,7-9,11H2,1-2H3/t14-/m0/s1. The molecule has 0 bridgehead atoms. The van der Waals surface area contributed by atoms with Crippen molar-refractivity contribution in [2.24, 2.45) is 0 Å².